The highest BCUT2D eigenvalue weighted by Gasteiger charge is 2.32. The van der Waals surface area contributed by atoms with Crippen molar-refractivity contribution >= 4 is 0 Å². The number of hydrogen-bond acceptors (Lipinski definition) is 2. The van der Waals surface area contributed by atoms with E-state index < -0.39 is 6.43 Å². The van der Waals surface area contributed by atoms with E-state index in [0.717, 1.165) is 31.6 Å². The van der Waals surface area contributed by atoms with Gasteiger partial charge in [0.2, 0.25) is 0 Å². The highest BCUT2D eigenvalue weighted by atomic mass is 19.3. The number of nitrogens with one attached hydrogen (secondary N) is 1. The predicted molar refractivity (Wildman–Crippen MR) is 67.2 cm³/mol. The van der Waals surface area contributed by atoms with Gasteiger partial charge in [-0.3, -0.25) is 0 Å². The first-order valence-electron chi connectivity index (χ1n) is 6.72. The number of rotatable bonds is 5. The summed E-state index contributed by atoms with van der Waals surface area (Å²) in [6.07, 6.45) is 2.97. The Kier molecular flexibility index (Phi) is 5.80. The molecule has 0 aromatic carbocycles. The van der Waals surface area contributed by atoms with Gasteiger partial charge in [0, 0.05) is 12.1 Å². The molecule has 1 saturated carbocycles. The summed E-state index contributed by atoms with van der Waals surface area (Å²) in [4.78, 5) is 0. The van der Waals surface area contributed by atoms with Crippen LogP contribution in [0.4, 0.5) is 8.78 Å². The van der Waals surface area contributed by atoms with Crippen molar-refractivity contribution in [1.29, 1.82) is 0 Å². The Morgan fingerprint density at radius 3 is 2.53 bits per heavy atom. The van der Waals surface area contributed by atoms with Gasteiger partial charge in [-0.15, -0.1) is 0 Å². The van der Waals surface area contributed by atoms with Gasteiger partial charge in [0.05, 0.1) is 6.54 Å². The van der Waals surface area contributed by atoms with Crippen molar-refractivity contribution in [2.24, 2.45) is 17.6 Å². The van der Waals surface area contributed by atoms with Crippen molar-refractivity contribution in [2.75, 3.05) is 13.1 Å². The number of hydrogen-bond donors (Lipinski definition) is 2. The molecule has 3 N–H and O–H groups in total. The minimum absolute atomic E-state index is 0.233. The van der Waals surface area contributed by atoms with Crippen LogP contribution in [0.1, 0.15) is 46.0 Å². The molecule has 2 unspecified atom stereocenters. The van der Waals surface area contributed by atoms with Crippen molar-refractivity contribution in [3.63, 3.8) is 0 Å². The number of alkyl halides is 2. The van der Waals surface area contributed by atoms with E-state index in [2.05, 4.69) is 19.2 Å². The van der Waals surface area contributed by atoms with E-state index in [4.69, 9.17) is 5.73 Å². The van der Waals surface area contributed by atoms with E-state index >= 15 is 0 Å². The molecule has 1 fully saturated rings. The first-order valence-corrected chi connectivity index (χ1v) is 6.72. The third kappa shape index (κ3) is 4.51. The van der Waals surface area contributed by atoms with Gasteiger partial charge in [0.15, 0.2) is 0 Å². The summed E-state index contributed by atoms with van der Waals surface area (Å²) < 4.78 is 24.6. The van der Waals surface area contributed by atoms with E-state index in [-0.39, 0.29) is 12.1 Å². The van der Waals surface area contributed by atoms with Crippen molar-refractivity contribution in [3.8, 4) is 0 Å². The molecule has 0 radical (unpaired) electrons. The van der Waals surface area contributed by atoms with Gasteiger partial charge in [-0.05, 0) is 31.1 Å². The van der Waals surface area contributed by atoms with Gasteiger partial charge in [0.25, 0.3) is 6.43 Å². The molecular formula is C13H26F2N2. The molecule has 0 aliphatic heterocycles. The van der Waals surface area contributed by atoms with Crippen LogP contribution in [0.25, 0.3) is 0 Å². The molecule has 0 aromatic heterocycles. The predicted octanol–water partition coefficient (Wildman–Crippen LogP) is 2.77. The zero-order valence-electron chi connectivity index (χ0n) is 11.0. The topological polar surface area (TPSA) is 38.0 Å². The molecule has 102 valence electrons. The Bertz CT molecular complexity index is 221. The fourth-order valence-corrected chi connectivity index (χ4v) is 2.85. The summed E-state index contributed by atoms with van der Waals surface area (Å²) in [5.41, 5.74) is 5.56. The Morgan fingerprint density at radius 1 is 1.29 bits per heavy atom. The number of nitrogens with two attached hydrogens (primary N) is 1. The van der Waals surface area contributed by atoms with Crippen molar-refractivity contribution < 1.29 is 8.78 Å². The average Bonchev–Trinajstić information content (AvgIpc) is 2.49. The van der Waals surface area contributed by atoms with Crippen LogP contribution in [0.15, 0.2) is 0 Å². The Morgan fingerprint density at radius 2 is 2.00 bits per heavy atom. The second-order valence-electron chi connectivity index (χ2n) is 5.69. The maximum Gasteiger partial charge on any atom is 0.250 e. The minimum atomic E-state index is -2.29. The van der Waals surface area contributed by atoms with Crippen LogP contribution in [0.2, 0.25) is 0 Å². The molecule has 0 aromatic rings. The summed E-state index contributed by atoms with van der Waals surface area (Å²) in [5.74, 6) is 1.40. The average molecular weight is 248 g/mol. The highest BCUT2D eigenvalue weighted by Crippen LogP contribution is 2.33. The van der Waals surface area contributed by atoms with Gasteiger partial charge in [-0.1, -0.05) is 26.7 Å². The third-order valence-corrected chi connectivity index (χ3v) is 4.19. The molecule has 1 rings (SSSR count). The van der Waals surface area contributed by atoms with Crippen LogP contribution in [-0.4, -0.2) is 25.1 Å². The summed E-state index contributed by atoms with van der Waals surface area (Å²) in [5, 5.41) is 3.01. The van der Waals surface area contributed by atoms with Crippen LogP contribution >= 0.6 is 0 Å². The summed E-state index contributed by atoms with van der Waals surface area (Å²) in [6, 6.07) is 0. The largest absolute Gasteiger partial charge is 0.329 e. The van der Waals surface area contributed by atoms with Gasteiger partial charge < -0.3 is 11.1 Å². The molecule has 0 amide bonds. The molecule has 0 saturated heterocycles. The molecule has 1 aliphatic rings. The first-order chi connectivity index (χ1) is 7.99. The van der Waals surface area contributed by atoms with Gasteiger partial charge in [-0.2, -0.15) is 0 Å². The molecular weight excluding hydrogens is 222 g/mol. The Labute approximate surface area is 103 Å². The van der Waals surface area contributed by atoms with Gasteiger partial charge in [-0.25, -0.2) is 8.78 Å². The molecule has 4 heteroatoms. The summed E-state index contributed by atoms with van der Waals surface area (Å²) in [6.45, 7) is 4.72. The fraction of sp³-hybridized carbons (Fsp3) is 1.00. The molecule has 1 aliphatic carbocycles. The van der Waals surface area contributed by atoms with E-state index in [9.17, 15) is 8.78 Å². The molecule has 17 heavy (non-hydrogen) atoms. The lowest BCUT2D eigenvalue weighted by Gasteiger charge is -2.33. The van der Waals surface area contributed by atoms with Crippen LogP contribution in [0.5, 0.6) is 0 Å². The highest BCUT2D eigenvalue weighted by molar-refractivity contribution is 4.92. The molecule has 0 spiro atoms. The van der Waals surface area contributed by atoms with Crippen LogP contribution < -0.4 is 11.1 Å². The van der Waals surface area contributed by atoms with Crippen molar-refractivity contribution in [2.45, 2.75) is 57.9 Å². The van der Waals surface area contributed by atoms with E-state index in [1.165, 1.54) is 6.42 Å². The number of halogens is 2. The SMILES string of the molecule is CC(C)C1CCCC(CN)(NCC(F)F)CC1. The molecule has 0 heterocycles. The van der Waals surface area contributed by atoms with Crippen molar-refractivity contribution in [1.82, 2.24) is 5.32 Å². The second-order valence-corrected chi connectivity index (χ2v) is 5.69. The lowest BCUT2D eigenvalue weighted by atomic mass is 9.86. The van der Waals surface area contributed by atoms with E-state index in [1.807, 2.05) is 0 Å². The minimum Gasteiger partial charge on any atom is -0.329 e. The molecule has 2 nitrogen and oxygen atoms in total. The van der Waals surface area contributed by atoms with Crippen molar-refractivity contribution in [3.05, 3.63) is 0 Å². The Balaban J connectivity index is 2.55. The molecule has 2 atom stereocenters. The summed E-state index contributed by atoms with van der Waals surface area (Å²) >= 11 is 0. The van der Waals surface area contributed by atoms with Gasteiger partial charge >= 0.3 is 0 Å². The van der Waals surface area contributed by atoms with Crippen LogP contribution in [-0.2, 0) is 0 Å². The van der Waals surface area contributed by atoms with E-state index in [0.29, 0.717) is 12.5 Å². The Hall–Kier alpha value is -0.220. The van der Waals surface area contributed by atoms with Crippen LogP contribution in [0, 0.1) is 11.8 Å². The second kappa shape index (κ2) is 6.64. The standard InChI is InChI=1S/C13H26F2N2/c1-10(2)11-4-3-6-13(9-16,7-5-11)17-8-12(14)15/h10-12,17H,3-9,16H2,1-2H3. The molecule has 0 bridgehead atoms. The zero-order chi connectivity index (χ0) is 12.9. The first kappa shape index (κ1) is 14.8. The zero-order valence-corrected chi connectivity index (χ0v) is 11.0. The quantitative estimate of drug-likeness (QED) is 0.734. The lowest BCUT2D eigenvalue weighted by molar-refractivity contribution is 0.125. The normalized spacial score (nSPS) is 30.9. The fourth-order valence-electron chi connectivity index (χ4n) is 2.85. The third-order valence-electron chi connectivity index (χ3n) is 4.19. The lowest BCUT2D eigenvalue weighted by Crippen LogP contribution is -2.52. The van der Waals surface area contributed by atoms with Crippen LogP contribution in [0.3, 0.4) is 0 Å². The van der Waals surface area contributed by atoms with Gasteiger partial charge in [0.1, 0.15) is 0 Å². The monoisotopic (exact) mass is 248 g/mol. The summed E-state index contributed by atoms with van der Waals surface area (Å²) in [7, 11) is 0. The maximum atomic E-state index is 12.3. The smallest absolute Gasteiger partial charge is 0.250 e. The maximum absolute atomic E-state index is 12.3. The van der Waals surface area contributed by atoms with E-state index in [1.54, 1.807) is 0 Å².